The van der Waals surface area contributed by atoms with Crippen LogP contribution >= 0.6 is 0 Å². The molecule has 0 saturated carbocycles. The number of benzene rings is 1. The van der Waals surface area contributed by atoms with Gasteiger partial charge >= 0.3 is 0 Å². The average molecular weight is 203 g/mol. The van der Waals surface area contributed by atoms with E-state index >= 15 is 0 Å². The minimum Gasteiger partial charge on any atom is -0.373 e. The topological polar surface area (TPSA) is 12.5 Å². The molecule has 0 unspecified atom stereocenters. The highest BCUT2D eigenvalue weighted by Gasteiger charge is 2.33. The van der Waals surface area contributed by atoms with E-state index in [2.05, 4.69) is 36.2 Å². The Morgan fingerprint density at radius 1 is 1.33 bits per heavy atom. The molecule has 0 spiro atoms. The van der Waals surface area contributed by atoms with Crippen LogP contribution in [0.25, 0.3) is 0 Å². The highest BCUT2D eigenvalue weighted by atomic mass is 16.5. The Bertz CT molecular complexity index is 363. The normalized spacial score (nSPS) is 30.7. The van der Waals surface area contributed by atoms with E-state index in [0.29, 0.717) is 12.0 Å². The Balaban J connectivity index is 1.96. The third kappa shape index (κ3) is 1.58. The van der Waals surface area contributed by atoms with Gasteiger partial charge in [-0.3, -0.25) is 0 Å². The SMILES string of the molecule is CN1CC[C@@H]2OCc3ccccc3[C@H]2C1. The maximum Gasteiger partial charge on any atom is 0.0723 e. The molecule has 0 amide bonds. The van der Waals surface area contributed by atoms with Gasteiger partial charge in [-0.15, -0.1) is 0 Å². The van der Waals surface area contributed by atoms with E-state index in [1.807, 2.05) is 0 Å². The predicted octanol–water partition coefficient (Wildman–Crippen LogP) is 2.00. The van der Waals surface area contributed by atoms with Crippen molar-refractivity contribution in [2.75, 3.05) is 20.1 Å². The number of likely N-dealkylation sites (tertiary alicyclic amines) is 1. The van der Waals surface area contributed by atoms with Crippen LogP contribution in [0.1, 0.15) is 23.5 Å². The molecule has 2 nitrogen and oxygen atoms in total. The summed E-state index contributed by atoms with van der Waals surface area (Å²) in [5.41, 5.74) is 2.90. The van der Waals surface area contributed by atoms with Crippen molar-refractivity contribution in [3.8, 4) is 0 Å². The molecule has 2 aliphatic rings. The van der Waals surface area contributed by atoms with Crippen molar-refractivity contribution in [3.05, 3.63) is 35.4 Å². The summed E-state index contributed by atoms with van der Waals surface area (Å²) in [6.45, 7) is 3.12. The van der Waals surface area contributed by atoms with Crippen molar-refractivity contribution in [2.45, 2.75) is 25.0 Å². The largest absolute Gasteiger partial charge is 0.373 e. The van der Waals surface area contributed by atoms with Crippen LogP contribution in [0.5, 0.6) is 0 Å². The van der Waals surface area contributed by atoms with Gasteiger partial charge in [0.15, 0.2) is 0 Å². The highest BCUT2D eigenvalue weighted by molar-refractivity contribution is 5.33. The summed E-state index contributed by atoms with van der Waals surface area (Å²) in [6, 6.07) is 8.72. The number of hydrogen-bond donors (Lipinski definition) is 0. The molecular weight excluding hydrogens is 186 g/mol. The van der Waals surface area contributed by atoms with Gasteiger partial charge in [0.2, 0.25) is 0 Å². The molecule has 80 valence electrons. The third-order valence-electron chi connectivity index (χ3n) is 3.66. The van der Waals surface area contributed by atoms with Crippen LogP contribution in [0, 0.1) is 0 Å². The van der Waals surface area contributed by atoms with Crippen LogP contribution in [-0.2, 0) is 11.3 Å². The van der Waals surface area contributed by atoms with Gasteiger partial charge in [0, 0.05) is 19.0 Å². The van der Waals surface area contributed by atoms with Gasteiger partial charge in [0.1, 0.15) is 0 Å². The van der Waals surface area contributed by atoms with Gasteiger partial charge < -0.3 is 9.64 Å². The second-order valence-electron chi connectivity index (χ2n) is 4.71. The number of rotatable bonds is 0. The van der Waals surface area contributed by atoms with Gasteiger partial charge in [-0.05, 0) is 24.6 Å². The maximum absolute atomic E-state index is 5.93. The Labute approximate surface area is 90.8 Å². The van der Waals surface area contributed by atoms with Crippen LogP contribution < -0.4 is 0 Å². The number of ether oxygens (including phenoxy) is 1. The van der Waals surface area contributed by atoms with Gasteiger partial charge in [-0.2, -0.15) is 0 Å². The zero-order valence-corrected chi connectivity index (χ0v) is 9.15. The van der Waals surface area contributed by atoms with E-state index < -0.39 is 0 Å². The first-order valence-corrected chi connectivity index (χ1v) is 5.72. The summed E-state index contributed by atoms with van der Waals surface area (Å²) >= 11 is 0. The highest BCUT2D eigenvalue weighted by Crippen LogP contribution is 2.35. The van der Waals surface area contributed by atoms with Crippen LogP contribution in [0.2, 0.25) is 0 Å². The summed E-state index contributed by atoms with van der Waals surface area (Å²) in [6.07, 6.45) is 1.63. The van der Waals surface area contributed by atoms with Crippen molar-refractivity contribution >= 4 is 0 Å². The summed E-state index contributed by atoms with van der Waals surface area (Å²) in [4.78, 5) is 2.41. The van der Waals surface area contributed by atoms with Crippen molar-refractivity contribution in [1.29, 1.82) is 0 Å². The van der Waals surface area contributed by atoms with E-state index in [1.54, 1.807) is 0 Å². The number of nitrogens with zero attached hydrogens (tertiary/aromatic N) is 1. The summed E-state index contributed by atoms with van der Waals surface area (Å²) in [5, 5.41) is 0. The van der Waals surface area contributed by atoms with Gasteiger partial charge in [0.25, 0.3) is 0 Å². The summed E-state index contributed by atoms with van der Waals surface area (Å²) < 4.78 is 5.93. The van der Waals surface area contributed by atoms with E-state index in [0.717, 1.165) is 13.2 Å². The number of fused-ring (bicyclic) bond motifs is 3. The summed E-state index contributed by atoms with van der Waals surface area (Å²) in [5.74, 6) is 0.591. The van der Waals surface area contributed by atoms with Crippen LogP contribution in [0.4, 0.5) is 0 Å². The van der Waals surface area contributed by atoms with E-state index in [9.17, 15) is 0 Å². The third-order valence-corrected chi connectivity index (χ3v) is 3.66. The standard InChI is InChI=1S/C13H17NO/c1-14-7-6-13-12(8-14)11-5-3-2-4-10(11)9-15-13/h2-5,12-13H,6-9H2,1H3/t12-,13+/m1/s1. The lowest BCUT2D eigenvalue weighted by atomic mass is 9.83. The molecule has 1 saturated heterocycles. The van der Waals surface area contributed by atoms with Crippen LogP contribution in [-0.4, -0.2) is 31.1 Å². The fourth-order valence-electron chi connectivity index (χ4n) is 2.82. The van der Waals surface area contributed by atoms with E-state index in [4.69, 9.17) is 4.74 Å². The molecule has 2 aliphatic heterocycles. The Morgan fingerprint density at radius 2 is 2.20 bits per heavy atom. The van der Waals surface area contributed by atoms with Gasteiger partial charge in [-0.25, -0.2) is 0 Å². The molecule has 1 aromatic carbocycles. The second-order valence-corrected chi connectivity index (χ2v) is 4.71. The second kappa shape index (κ2) is 3.62. The fraction of sp³-hybridized carbons (Fsp3) is 0.538. The monoisotopic (exact) mass is 203 g/mol. The molecule has 0 radical (unpaired) electrons. The molecule has 15 heavy (non-hydrogen) atoms. The molecule has 0 bridgehead atoms. The molecule has 2 heteroatoms. The molecule has 0 aromatic heterocycles. The first-order valence-electron chi connectivity index (χ1n) is 5.72. The lowest BCUT2D eigenvalue weighted by Crippen LogP contribution is -2.43. The molecule has 0 aliphatic carbocycles. The maximum atomic E-state index is 5.93. The Hall–Kier alpha value is -0.860. The summed E-state index contributed by atoms with van der Waals surface area (Å²) in [7, 11) is 2.20. The molecule has 3 rings (SSSR count). The van der Waals surface area contributed by atoms with Gasteiger partial charge in [-0.1, -0.05) is 24.3 Å². The first kappa shape index (κ1) is 9.37. The van der Waals surface area contributed by atoms with Gasteiger partial charge in [0.05, 0.1) is 12.7 Å². The predicted molar refractivity (Wildman–Crippen MR) is 59.9 cm³/mol. The molecular formula is C13H17NO. The lowest BCUT2D eigenvalue weighted by Gasteiger charge is -2.40. The van der Waals surface area contributed by atoms with Crippen molar-refractivity contribution < 1.29 is 4.74 Å². The average Bonchev–Trinajstić information content (AvgIpc) is 2.29. The Kier molecular flexibility index (Phi) is 2.26. The van der Waals surface area contributed by atoms with E-state index in [-0.39, 0.29) is 0 Å². The number of likely N-dealkylation sites (N-methyl/N-ethyl adjacent to an activating group) is 1. The van der Waals surface area contributed by atoms with E-state index in [1.165, 1.54) is 24.1 Å². The van der Waals surface area contributed by atoms with Crippen molar-refractivity contribution in [2.24, 2.45) is 0 Å². The molecule has 1 fully saturated rings. The van der Waals surface area contributed by atoms with Crippen LogP contribution in [0.3, 0.4) is 0 Å². The molecule has 0 N–H and O–H groups in total. The minimum absolute atomic E-state index is 0.455. The fourth-order valence-corrected chi connectivity index (χ4v) is 2.82. The first-order chi connectivity index (χ1) is 7.34. The molecule has 2 heterocycles. The lowest BCUT2D eigenvalue weighted by molar-refractivity contribution is -0.0267. The number of hydrogen-bond acceptors (Lipinski definition) is 2. The molecule has 2 atom stereocenters. The molecule has 1 aromatic rings. The smallest absolute Gasteiger partial charge is 0.0723 e. The quantitative estimate of drug-likeness (QED) is 0.639. The minimum atomic E-state index is 0.455. The van der Waals surface area contributed by atoms with Crippen LogP contribution in [0.15, 0.2) is 24.3 Å². The zero-order valence-electron chi connectivity index (χ0n) is 9.15. The van der Waals surface area contributed by atoms with Crippen molar-refractivity contribution in [1.82, 2.24) is 4.90 Å². The number of piperidine rings is 1. The zero-order chi connectivity index (χ0) is 10.3. The van der Waals surface area contributed by atoms with Crippen molar-refractivity contribution in [3.63, 3.8) is 0 Å². The Morgan fingerprint density at radius 3 is 3.13 bits per heavy atom.